The predicted octanol–water partition coefficient (Wildman–Crippen LogP) is 6.05. The van der Waals surface area contributed by atoms with E-state index in [0.717, 1.165) is 19.3 Å². The van der Waals surface area contributed by atoms with Gasteiger partial charge in [-0.05, 0) is 25.9 Å². The minimum Gasteiger partial charge on any atom is -0.394 e. The summed E-state index contributed by atoms with van der Waals surface area (Å²) in [4.78, 5) is 0. The van der Waals surface area contributed by atoms with Crippen LogP contribution in [0.4, 0.5) is 0 Å². The summed E-state index contributed by atoms with van der Waals surface area (Å²) in [5.41, 5.74) is 0. The first-order valence-electron chi connectivity index (χ1n) is 9.02. The van der Waals surface area contributed by atoms with Crippen LogP contribution in [0.1, 0.15) is 85.5 Å². The molecule has 0 aromatic heterocycles. The van der Waals surface area contributed by atoms with Gasteiger partial charge in [0.2, 0.25) is 0 Å². The Kier molecular flexibility index (Phi) is 14.2. The molecule has 20 heavy (non-hydrogen) atoms. The minimum absolute atomic E-state index is 0.803. The average Bonchev–Trinajstić information content (AvgIpc) is 2.46. The Morgan fingerprint density at radius 3 is 1.45 bits per heavy atom. The maximum Gasteiger partial charge on any atom is 0.337 e. The SMILES string of the molecule is CCCCCCCCCCC[Si](CC)(OCC)OCC. The predicted molar refractivity (Wildman–Crippen MR) is 91.5 cm³/mol. The average molecular weight is 303 g/mol. The highest BCUT2D eigenvalue weighted by molar-refractivity contribution is 6.67. The van der Waals surface area contributed by atoms with E-state index in [-0.39, 0.29) is 0 Å². The molecule has 0 unspecified atom stereocenters. The van der Waals surface area contributed by atoms with Gasteiger partial charge in [-0.2, -0.15) is 0 Å². The summed E-state index contributed by atoms with van der Waals surface area (Å²) < 4.78 is 12.0. The van der Waals surface area contributed by atoms with Crippen molar-refractivity contribution in [3.8, 4) is 0 Å². The van der Waals surface area contributed by atoms with Crippen LogP contribution in [0.5, 0.6) is 0 Å². The van der Waals surface area contributed by atoms with E-state index in [1.165, 1.54) is 63.8 Å². The zero-order valence-corrected chi connectivity index (χ0v) is 15.5. The van der Waals surface area contributed by atoms with Crippen molar-refractivity contribution in [1.29, 1.82) is 0 Å². The van der Waals surface area contributed by atoms with Crippen LogP contribution in [-0.4, -0.2) is 21.8 Å². The molecule has 0 radical (unpaired) electrons. The van der Waals surface area contributed by atoms with Crippen molar-refractivity contribution in [2.45, 2.75) is 97.6 Å². The van der Waals surface area contributed by atoms with Gasteiger partial charge in [-0.3, -0.25) is 0 Å². The molecule has 0 N–H and O–H groups in total. The quantitative estimate of drug-likeness (QED) is 0.271. The molecule has 0 spiro atoms. The smallest absolute Gasteiger partial charge is 0.337 e. The first kappa shape index (κ1) is 20.1. The van der Waals surface area contributed by atoms with Crippen LogP contribution in [-0.2, 0) is 8.85 Å². The van der Waals surface area contributed by atoms with Gasteiger partial charge >= 0.3 is 8.56 Å². The third-order valence-corrected chi connectivity index (χ3v) is 7.84. The molecule has 0 bridgehead atoms. The molecule has 0 aliphatic heterocycles. The summed E-state index contributed by atoms with van der Waals surface area (Å²) in [6.45, 7) is 10.3. The zero-order chi connectivity index (χ0) is 15.1. The molecule has 0 fully saturated rings. The second-order valence-electron chi connectivity index (χ2n) is 5.71. The van der Waals surface area contributed by atoms with E-state index in [0.29, 0.717) is 0 Å². The second-order valence-corrected chi connectivity index (χ2v) is 9.31. The van der Waals surface area contributed by atoms with Crippen molar-refractivity contribution in [1.82, 2.24) is 0 Å². The van der Waals surface area contributed by atoms with E-state index in [9.17, 15) is 0 Å². The van der Waals surface area contributed by atoms with Crippen LogP contribution in [0, 0.1) is 0 Å². The first-order chi connectivity index (χ1) is 9.74. The minimum atomic E-state index is -1.86. The summed E-state index contributed by atoms with van der Waals surface area (Å²) >= 11 is 0. The van der Waals surface area contributed by atoms with Crippen LogP contribution in [0.2, 0.25) is 12.1 Å². The fourth-order valence-electron chi connectivity index (χ4n) is 2.80. The summed E-state index contributed by atoms with van der Waals surface area (Å²) in [5.74, 6) is 0. The lowest BCUT2D eigenvalue weighted by molar-refractivity contribution is 0.182. The van der Waals surface area contributed by atoms with E-state index < -0.39 is 8.56 Å². The second kappa shape index (κ2) is 14.1. The van der Waals surface area contributed by atoms with Gasteiger partial charge in [0.05, 0.1) is 0 Å². The lowest BCUT2D eigenvalue weighted by Crippen LogP contribution is -2.41. The highest BCUT2D eigenvalue weighted by atomic mass is 28.4. The Morgan fingerprint density at radius 1 is 0.600 bits per heavy atom. The van der Waals surface area contributed by atoms with Gasteiger partial charge in [0.15, 0.2) is 0 Å². The third-order valence-electron chi connectivity index (χ3n) is 4.01. The summed E-state index contributed by atoms with van der Waals surface area (Å²) in [5, 5.41) is 0. The molecule has 0 aliphatic carbocycles. The Morgan fingerprint density at radius 2 is 1.05 bits per heavy atom. The molecule has 2 nitrogen and oxygen atoms in total. The van der Waals surface area contributed by atoms with E-state index in [2.05, 4.69) is 27.7 Å². The highest BCUT2D eigenvalue weighted by Crippen LogP contribution is 2.23. The first-order valence-corrected chi connectivity index (χ1v) is 11.3. The third kappa shape index (κ3) is 9.95. The van der Waals surface area contributed by atoms with Gasteiger partial charge in [-0.15, -0.1) is 0 Å². The van der Waals surface area contributed by atoms with Crippen LogP contribution < -0.4 is 0 Å². The number of hydrogen-bond acceptors (Lipinski definition) is 2. The number of rotatable bonds is 15. The molecular weight excluding hydrogens is 264 g/mol. The molecule has 0 heterocycles. The molecule has 0 saturated heterocycles. The van der Waals surface area contributed by atoms with Crippen molar-refractivity contribution in [3.63, 3.8) is 0 Å². The lowest BCUT2D eigenvalue weighted by atomic mass is 10.1. The van der Waals surface area contributed by atoms with Crippen LogP contribution >= 0.6 is 0 Å². The Balaban J connectivity index is 3.62. The molecule has 3 heteroatoms. The Hall–Kier alpha value is 0.137. The van der Waals surface area contributed by atoms with Crippen molar-refractivity contribution in [3.05, 3.63) is 0 Å². The molecule has 0 aromatic rings. The maximum atomic E-state index is 6.01. The Bertz CT molecular complexity index is 191. The highest BCUT2D eigenvalue weighted by Gasteiger charge is 2.33. The van der Waals surface area contributed by atoms with Crippen LogP contribution in [0.3, 0.4) is 0 Å². The molecule has 0 rings (SSSR count). The molecular formula is C17H38O2Si. The maximum absolute atomic E-state index is 6.01. The Labute approximate surface area is 128 Å². The van der Waals surface area contributed by atoms with Gasteiger partial charge < -0.3 is 8.85 Å². The fraction of sp³-hybridized carbons (Fsp3) is 1.00. The largest absolute Gasteiger partial charge is 0.394 e. The van der Waals surface area contributed by atoms with Gasteiger partial charge in [0.1, 0.15) is 0 Å². The van der Waals surface area contributed by atoms with Crippen LogP contribution in [0.15, 0.2) is 0 Å². The molecule has 0 amide bonds. The monoisotopic (exact) mass is 302 g/mol. The number of unbranched alkanes of at least 4 members (excludes halogenated alkanes) is 8. The molecule has 122 valence electrons. The van der Waals surface area contributed by atoms with E-state index >= 15 is 0 Å². The molecule has 0 atom stereocenters. The normalized spacial score (nSPS) is 12.0. The fourth-order valence-corrected chi connectivity index (χ4v) is 5.77. The van der Waals surface area contributed by atoms with Gasteiger partial charge in [-0.25, -0.2) is 0 Å². The number of hydrogen-bond donors (Lipinski definition) is 0. The van der Waals surface area contributed by atoms with E-state index in [4.69, 9.17) is 8.85 Å². The van der Waals surface area contributed by atoms with Crippen LogP contribution in [0.25, 0.3) is 0 Å². The van der Waals surface area contributed by atoms with Crippen molar-refractivity contribution in [2.75, 3.05) is 13.2 Å². The van der Waals surface area contributed by atoms with Crippen molar-refractivity contribution >= 4 is 8.56 Å². The van der Waals surface area contributed by atoms with Gasteiger partial charge in [0, 0.05) is 13.2 Å². The van der Waals surface area contributed by atoms with Gasteiger partial charge in [0.25, 0.3) is 0 Å². The summed E-state index contributed by atoms with van der Waals surface area (Å²) in [6.07, 6.45) is 12.5. The molecule has 0 aromatic carbocycles. The summed E-state index contributed by atoms with van der Waals surface area (Å²) in [6, 6.07) is 2.27. The summed E-state index contributed by atoms with van der Waals surface area (Å²) in [7, 11) is -1.86. The van der Waals surface area contributed by atoms with Crippen molar-refractivity contribution in [2.24, 2.45) is 0 Å². The molecule has 0 saturated carbocycles. The lowest BCUT2D eigenvalue weighted by Gasteiger charge is -2.28. The van der Waals surface area contributed by atoms with Gasteiger partial charge in [-0.1, -0.05) is 71.6 Å². The molecule has 0 aliphatic rings. The van der Waals surface area contributed by atoms with E-state index in [1.807, 2.05) is 0 Å². The van der Waals surface area contributed by atoms with E-state index in [1.54, 1.807) is 0 Å². The van der Waals surface area contributed by atoms with Crippen molar-refractivity contribution < 1.29 is 8.85 Å². The topological polar surface area (TPSA) is 18.5 Å². The standard InChI is InChI=1S/C17H38O2Si/c1-5-9-10-11-12-13-14-15-16-17-20(8-4,18-6-2)19-7-3/h5-17H2,1-4H3. The zero-order valence-electron chi connectivity index (χ0n) is 14.5.